The lowest BCUT2D eigenvalue weighted by atomic mass is 9.85. The molecular formula is C24H29N3O3. The van der Waals surface area contributed by atoms with Crippen LogP contribution in [0.5, 0.6) is 0 Å². The Kier molecular flexibility index (Phi) is 5.26. The van der Waals surface area contributed by atoms with Gasteiger partial charge >= 0.3 is 6.03 Å². The molecule has 2 fully saturated rings. The molecule has 158 valence electrons. The molecular weight excluding hydrogens is 378 g/mol. The van der Waals surface area contributed by atoms with Crippen LogP contribution in [0.3, 0.4) is 0 Å². The van der Waals surface area contributed by atoms with Crippen LogP contribution in [0.2, 0.25) is 0 Å². The Hall–Kier alpha value is -2.89. The topological polar surface area (TPSA) is 71.4 Å². The third-order valence-corrected chi connectivity index (χ3v) is 6.35. The highest BCUT2D eigenvalue weighted by molar-refractivity contribution is 6.11. The molecule has 4 rings (SSSR count). The van der Waals surface area contributed by atoms with Crippen molar-refractivity contribution < 1.29 is 14.4 Å². The molecule has 1 N–H and O–H groups in total. The van der Waals surface area contributed by atoms with Gasteiger partial charge in [-0.05, 0) is 44.7 Å². The summed E-state index contributed by atoms with van der Waals surface area (Å²) in [5.41, 5.74) is 2.24. The van der Waals surface area contributed by atoms with E-state index in [4.69, 9.17) is 0 Å². The molecule has 3 amide bonds. The monoisotopic (exact) mass is 407 g/mol. The average Bonchev–Trinajstić information content (AvgIpc) is 3.48. The van der Waals surface area contributed by atoms with Crippen LogP contribution in [0.4, 0.5) is 4.79 Å². The molecule has 0 radical (unpaired) electrons. The molecule has 2 aromatic rings. The minimum Gasteiger partial charge on any atom is -0.345 e. The highest BCUT2D eigenvalue weighted by atomic mass is 16.2. The lowest BCUT2D eigenvalue weighted by molar-refractivity contribution is -0.131. The van der Waals surface area contributed by atoms with Crippen LogP contribution in [-0.4, -0.2) is 33.7 Å². The molecule has 1 aromatic carbocycles. The zero-order valence-corrected chi connectivity index (χ0v) is 17.9. The number of carbonyl (C=O) groups excluding carboxylic acids is 3. The Morgan fingerprint density at radius 2 is 1.87 bits per heavy atom. The van der Waals surface area contributed by atoms with Crippen molar-refractivity contribution >= 4 is 17.7 Å². The second-order valence-electron chi connectivity index (χ2n) is 8.51. The molecule has 1 aromatic heterocycles. The number of urea groups is 1. The minimum atomic E-state index is -1.10. The number of hydrogen-bond acceptors (Lipinski definition) is 3. The molecule has 1 unspecified atom stereocenters. The van der Waals surface area contributed by atoms with Crippen molar-refractivity contribution in [1.82, 2.24) is 14.8 Å². The fourth-order valence-corrected chi connectivity index (χ4v) is 4.63. The maximum Gasteiger partial charge on any atom is 0.325 e. The van der Waals surface area contributed by atoms with E-state index in [1.54, 1.807) is 0 Å². The summed E-state index contributed by atoms with van der Waals surface area (Å²) in [6.07, 6.45) is 4.48. The van der Waals surface area contributed by atoms with Gasteiger partial charge in [0.15, 0.2) is 5.78 Å². The predicted octanol–water partition coefficient (Wildman–Crippen LogP) is 4.26. The van der Waals surface area contributed by atoms with Gasteiger partial charge in [0.1, 0.15) is 5.54 Å². The number of hydrogen-bond donors (Lipinski definition) is 1. The van der Waals surface area contributed by atoms with Gasteiger partial charge in [0.05, 0.1) is 6.54 Å². The molecule has 30 heavy (non-hydrogen) atoms. The summed E-state index contributed by atoms with van der Waals surface area (Å²) in [5.74, 6) is -0.533. The molecule has 1 aliphatic carbocycles. The molecule has 1 aliphatic heterocycles. The number of Topliss-reactive ketones (excluding diaryl/α,β-unsaturated/α-hetero) is 1. The Labute approximate surface area is 177 Å². The first-order valence-electron chi connectivity index (χ1n) is 10.8. The van der Waals surface area contributed by atoms with Gasteiger partial charge in [0.25, 0.3) is 5.91 Å². The number of amides is 3. The van der Waals surface area contributed by atoms with Gasteiger partial charge in [-0.3, -0.25) is 14.5 Å². The van der Waals surface area contributed by atoms with Gasteiger partial charge in [-0.15, -0.1) is 0 Å². The van der Waals surface area contributed by atoms with Crippen LogP contribution in [0.25, 0.3) is 0 Å². The van der Waals surface area contributed by atoms with Gasteiger partial charge in [-0.1, -0.05) is 50.1 Å². The zero-order valence-electron chi connectivity index (χ0n) is 17.9. The van der Waals surface area contributed by atoms with E-state index in [1.165, 1.54) is 0 Å². The van der Waals surface area contributed by atoms with E-state index in [1.807, 2.05) is 50.2 Å². The molecule has 2 heterocycles. The number of nitrogens with zero attached hydrogens (tertiary/aromatic N) is 2. The second-order valence-corrected chi connectivity index (χ2v) is 8.51. The van der Waals surface area contributed by atoms with E-state index in [0.717, 1.165) is 47.5 Å². The number of ketones is 1. The number of unbranched alkanes of at least 4 members (excludes halogenated alkanes) is 1. The van der Waals surface area contributed by atoms with Crippen LogP contribution in [0.1, 0.15) is 72.4 Å². The van der Waals surface area contributed by atoms with Crippen molar-refractivity contribution in [2.75, 3.05) is 6.54 Å². The first-order chi connectivity index (χ1) is 14.4. The van der Waals surface area contributed by atoms with Gasteiger partial charge < -0.3 is 9.88 Å². The summed E-state index contributed by atoms with van der Waals surface area (Å²) in [7, 11) is 0. The smallest absolute Gasteiger partial charge is 0.325 e. The second kappa shape index (κ2) is 7.74. The summed E-state index contributed by atoms with van der Waals surface area (Å²) < 4.78 is 2.20. The van der Waals surface area contributed by atoms with Crippen molar-refractivity contribution in [1.29, 1.82) is 0 Å². The van der Waals surface area contributed by atoms with Crippen LogP contribution >= 0.6 is 0 Å². The highest BCUT2D eigenvalue weighted by Crippen LogP contribution is 2.39. The first kappa shape index (κ1) is 20.4. The largest absolute Gasteiger partial charge is 0.345 e. The van der Waals surface area contributed by atoms with Crippen molar-refractivity contribution in [3.63, 3.8) is 0 Å². The molecule has 6 nitrogen and oxygen atoms in total. The minimum absolute atomic E-state index is 0.196. The SMILES string of the molecule is CCCCC1(c2ccccc2)NC(=O)N(CC(=O)c2cc(C)n(C3CC3)c2C)C1=O. The van der Waals surface area contributed by atoms with Crippen molar-refractivity contribution in [2.45, 2.75) is 64.5 Å². The fourth-order valence-electron chi connectivity index (χ4n) is 4.63. The lowest BCUT2D eigenvalue weighted by Gasteiger charge is -2.27. The van der Waals surface area contributed by atoms with E-state index < -0.39 is 11.6 Å². The van der Waals surface area contributed by atoms with E-state index in [2.05, 4.69) is 16.8 Å². The molecule has 6 heteroatoms. The molecule has 0 spiro atoms. The molecule has 1 atom stereocenters. The van der Waals surface area contributed by atoms with Crippen molar-refractivity contribution in [3.8, 4) is 0 Å². The summed E-state index contributed by atoms with van der Waals surface area (Å²) in [4.78, 5) is 40.5. The first-order valence-corrected chi connectivity index (χ1v) is 10.8. The Morgan fingerprint density at radius 3 is 2.50 bits per heavy atom. The molecule has 1 saturated heterocycles. The van der Waals surface area contributed by atoms with Crippen molar-refractivity contribution in [2.24, 2.45) is 0 Å². The number of aromatic nitrogens is 1. The molecule has 1 saturated carbocycles. The quantitative estimate of drug-likeness (QED) is 0.525. The van der Waals surface area contributed by atoms with E-state index >= 15 is 0 Å². The molecule has 2 aliphatic rings. The number of aryl methyl sites for hydroxylation is 1. The number of carbonyl (C=O) groups is 3. The third kappa shape index (κ3) is 3.34. The lowest BCUT2D eigenvalue weighted by Crippen LogP contribution is -2.44. The third-order valence-electron chi connectivity index (χ3n) is 6.35. The maximum atomic E-state index is 13.5. The fraction of sp³-hybridized carbons (Fsp3) is 0.458. The van der Waals surface area contributed by atoms with Gasteiger partial charge in [0.2, 0.25) is 0 Å². The summed E-state index contributed by atoms with van der Waals surface area (Å²) in [5, 5.41) is 2.91. The normalized spacial score (nSPS) is 21.2. The van der Waals surface area contributed by atoms with Crippen LogP contribution in [0.15, 0.2) is 36.4 Å². The predicted molar refractivity (Wildman–Crippen MR) is 114 cm³/mol. The Bertz CT molecular complexity index is 991. The van der Waals surface area contributed by atoms with Crippen LogP contribution in [-0.2, 0) is 10.3 Å². The average molecular weight is 408 g/mol. The zero-order chi connectivity index (χ0) is 21.5. The van der Waals surface area contributed by atoms with Gasteiger partial charge in [0, 0.05) is 23.0 Å². The van der Waals surface area contributed by atoms with Gasteiger partial charge in [-0.25, -0.2) is 4.79 Å². The number of nitrogens with one attached hydrogen (secondary N) is 1. The maximum absolute atomic E-state index is 13.5. The Morgan fingerprint density at radius 1 is 1.17 bits per heavy atom. The van der Waals surface area contributed by atoms with Crippen LogP contribution in [0, 0.1) is 13.8 Å². The van der Waals surface area contributed by atoms with Crippen molar-refractivity contribution in [3.05, 3.63) is 58.9 Å². The number of imide groups is 1. The number of benzene rings is 1. The summed E-state index contributed by atoms with van der Waals surface area (Å²) >= 11 is 0. The van der Waals surface area contributed by atoms with E-state index in [-0.39, 0.29) is 18.2 Å². The van der Waals surface area contributed by atoms with E-state index in [9.17, 15) is 14.4 Å². The van der Waals surface area contributed by atoms with Crippen LogP contribution < -0.4 is 5.32 Å². The highest BCUT2D eigenvalue weighted by Gasteiger charge is 2.52. The van der Waals surface area contributed by atoms with Gasteiger partial charge in [-0.2, -0.15) is 0 Å². The Balaban J connectivity index is 1.61. The summed E-state index contributed by atoms with van der Waals surface area (Å²) in [6.45, 7) is 5.76. The summed E-state index contributed by atoms with van der Waals surface area (Å²) in [6, 6.07) is 11.2. The molecule has 0 bridgehead atoms. The standard InChI is InChI=1S/C24H29N3O3/c1-4-5-13-24(18-9-7-6-8-10-18)22(29)26(23(30)25-24)15-21(28)20-14-16(2)27(17(20)3)19-11-12-19/h6-10,14,19H,4-5,11-13,15H2,1-3H3,(H,25,30). The van der Waals surface area contributed by atoms with E-state index in [0.29, 0.717) is 18.0 Å². The number of rotatable bonds is 8.